The quantitative estimate of drug-likeness (QED) is 0.353. The van der Waals surface area contributed by atoms with E-state index in [4.69, 9.17) is 9.47 Å². The summed E-state index contributed by atoms with van der Waals surface area (Å²) in [6.07, 6.45) is 2.53. The molecule has 0 aromatic carbocycles. The number of likely N-dealkylation sites (tertiary alicyclic amines) is 1. The fourth-order valence-corrected chi connectivity index (χ4v) is 2.37. The molecule has 0 bridgehead atoms. The minimum atomic E-state index is -1.29. The molecule has 1 heterocycles. The molecule has 1 unspecified atom stereocenters. The molecule has 0 aliphatic carbocycles. The summed E-state index contributed by atoms with van der Waals surface area (Å²) < 4.78 is 10.4. The Bertz CT molecular complexity index is 526. The number of aliphatic carboxylic acids is 1. The van der Waals surface area contributed by atoms with Crippen molar-refractivity contribution in [3.05, 3.63) is 11.6 Å². The highest BCUT2D eigenvalue weighted by Crippen LogP contribution is 2.22. The summed E-state index contributed by atoms with van der Waals surface area (Å²) in [5.74, 6) is -2.19. The molecule has 0 saturated carbocycles. The lowest BCUT2D eigenvalue weighted by Gasteiger charge is -2.32. The van der Waals surface area contributed by atoms with Crippen molar-refractivity contribution in [2.45, 2.75) is 65.6 Å². The smallest absolute Gasteiger partial charge is 0.410 e. The van der Waals surface area contributed by atoms with E-state index in [1.807, 2.05) is 27.7 Å². The first-order valence-electron chi connectivity index (χ1n) is 8.67. The number of nitrogens with zero attached hydrogens (tertiary/aromatic N) is 1. The van der Waals surface area contributed by atoms with Gasteiger partial charge in [0, 0.05) is 13.1 Å². The average Bonchev–Trinajstić information content (AvgIpc) is 2.50. The van der Waals surface area contributed by atoms with Gasteiger partial charge in [-0.3, -0.25) is 0 Å². The molecule has 0 aromatic rings. The van der Waals surface area contributed by atoms with Gasteiger partial charge in [-0.15, -0.1) is 0 Å². The molecule has 1 aliphatic rings. The van der Waals surface area contributed by atoms with E-state index in [0.29, 0.717) is 32.4 Å². The van der Waals surface area contributed by atoms with E-state index in [9.17, 15) is 19.5 Å². The van der Waals surface area contributed by atoms with Gasteiger partial charge in [0.15, 0.2) is 0 Å². The van der Waals surface area contributed by atoms with E-state index in [1.54, 1.807) is 11.8 Å². The fraction of sp³-hybridized carbons (Fsp3) is 0.722. The Kier molecular flexibility index (Phi) is 7.45. The number of piperidine rings is 1. The van der Waals surface area contributed by atoms with Crippen molar-refractivity contribution in [3.63, 3.8) is 0 Å². The van der Waals surface area contributed by atoms with Gasteiger partial charge in [-0.2, -0.15) is 0 Å². The zero-order chi connectivity index (χ0) is 19.2. The van der Waals surface area contributed by atoms with Crippen molar-refractivity contribution in [1.82, 2.24) is 4.90 Å². The van der Waals surface area contributed by atoms with Crippen molar-refractivity contribution < 1.29 is 29.0 Å². The molecule has 1 rings (SSSR count). The Hall–Kier alpha value is -2.05. The van der Waals surface area contributed by atoms with Crippen LogP contribution in [0, 0.1) is 5.92 Å². The van der Waals surface area contributed by atoms with Crippen LogP contribution in [-0.2, 0) is 19.1 Å². The van der Waals surface area contributed by atoms with Crippen LogP contribution in [0.15, 0.2) is 11.6 Å². The highest BCUT2D eigenvalue weighted by molar-refractivity contribution is 6.13. The van der Waals surface area contributed by atoms with Gasteiger partial charge in [-0.25, -0.2) is 14.4 Å². The summed E-state index contributed by atoms with van der Waals surface area (Å²) >= 11 is 0. The second-order valence-electron chi connectivity index (χ2n) is 7.31. The molecule has 1 amide bonds. The van der Waals surface area contributed by atoms with Crippen molar-refractivity contribution in [3.8, 4) is 0 Å². The lowest BCUT2D eigenvalue weighted by atomic mass is 9.94. The maximum atomic E-state index is 12.0. The molecule has 7 nitrogen and oxygen atoms in total. The monoisotopic (exact) mass is 355 g/mol. The number of carboxylic acids is 1. The normalized spacial score (nSPS) is 17.8. The Morgan fingerprint density at radius 2 is 1.80 bits per heavy atom. The largest absolute Gasteiger partial charge is 0.477 e. The number of ether oxygens (including phenoxy) is 2. The standard InChI is InChI=1S/C18H29NO6/c1-6-12(2)24-16(22)14(15(20)21)11-13-7-9-19(10-8-13)17(23)25-18(3,4)5/h11-13H,6-10H2,1-5H3,(H,20,21). The summed E-state index contributed by atoms with van der Waals surface area (Å²) in [4.78, 5) is 37.0. The molecule has 7 heteroatoms. The van der Waals surface area contributed by atoms with Crippen LogP contribution in [0.2, 0.25) is 0 Å². The van der Waals surface area contributed by atoms with Crippen molar-refractivity contribution in [1.29, 1.82) is 0 Å². The zero-order valence-electron chi connectivity index (χ0n) is 15.7. The zero-order valence-corrected chi connectivity index (χ0v) is 15.7. The number of allylic oxidation sites excluding steroid dienone is 1. The predicted octanol–water partition coefficient (Wildman–Crippen LogP) is 2.99. The number of esters is 1. The fourth-order valence-electron chi connectivity index (χ4n) is 2.37. The van der Waals surface area contributed by atoms with Gasteiger partial charge in [-0.1, -0.05) is 13.0 Å². The van der Waals surface area contributed by atoms with Crippen molar-refractivity contribution in [2.75, 3.05) is 13.1 Å². The van der Waals surface area contributed by atoms with Gasteiger partial charge in [-0.05, 0) is 52.9 Å². The van der Waals surface area contributed by atoms with E-state index >= 15 is 0 Å². The Morgan fingerprint density at radius 3 is 2.24 bits per heavy atom. The number of hydrogen-bond donors (Lipinski definition) is 1. The molecule has 0 radical (unpaired) electrons. The second kappa shape index (κ2) is 8.87. The summed E-state index contributed by atoms with van der Waals surface area (Å²) in [5.41, 5.74) is -0.889. The SMILES string of the molecule is CCC(C)OC(=O)C(=CC1CCN(C(=O)OC(C)(C)C)CC1)C(=O)O. The second-order valence-corrected chi connectivity index (χ2v) is 7.31. The summed E-state index contributed by atoms with van der Waals surface area (Å²) in [6, 6.07) is 0. The predicted molar refractivity (Wildman–Crippen MR) is 92.1 cm³/mol. The number of amides is 1. The van der Waals surface area contributed by atoms with Gasteiger partial charge in [0.2, 0.25) is 0 Å². The number of carboxylic acid groups (broad SMARTS) is 1. The highest BCUT2D eigenvalue weighted by atomic mass is 16.6. The van der Waals surface area contributed by atoms with Crippen LogP contribution in [0.4, 0.5) is 4.79 Å². The van der Waals surface area contributed by atoms with Crippen LogP contribution < -0.4 is 0 Å². The van der Waals surface area contributed by atoms with E-state index in [-0.39, 0.29) is 23.7 Å². The maximum Gasteiger partial charge on any atom is 0.410 e. The molecule has 0 spiro atoms. The molecular weight excluding hydrogens is 326 g/mol. The third-order valence-corrected chi connectivity index (χ3v) is 3.93. The lowest BCUT2D eigenvalue weighted by Crippen LogP contribution is -2.41. The van der Waals surface area contributed by atoms with Crippen LogP contribution in [-0.4, -0.2) is 52.8 Å². The number of carbonyl (C=O) groups is 3. The summed E-state index contributed by atoms with van der Waals surface area (Å²) in [7, 11) is 0. The van der Waals surface area contributed by atoms with Gasteiger partial charge < -0.3 is 19.5 Å². The first kappa shape index (κ1) is 21.0. The maximum absolute atomic E-state index is 12.0. The van der Waals surface area contributed by atoms with E-state index in [2.05, 4.69) is 0 Å². The van der Waals surface area contributed by atoms with Crippen LogP contribution in [0.1, 0.15) is 53.9 Å². The minimum Gasteiger partial charge on any atom is -0.477 e. The van der Waals surface area contributed by atoms with Gasteiger partial charge >= 0.3 is 18.0 Å². The van der Waals surface area contributed by atoms with E-state index < -0.39 is 17.5 Å². The Labute approximate surface area is 149 Å². The summed E-state index contributed by atoms with van der Waals surface area (Å²) in [5, 5.41) is 9.27. The van der Waals surface area contributed by atoms with Crippen LogP contribution in [0.3, 0.4) is 0 Å². The topological polar surface area (TPSA) is 93.1 Å². The minimum absolute atomic E-state index is 0.0886. The number of rotatable bonds is 5. The molecule has 1 N–H and O–H groups in total. The molecule has 142 valence electrons. The van der Waals surface area contributed by atoms with Crippen molar-refractivity contribution in [2.24, 2.45) is 5.92 Å². The number of hydrogen-bond acceptors (Lipinski definition) is 5. The molecular formula is C18H29NO6. The van der Waals surface area contributed by atoms with Crippen molar-refractivity contribution >= 4 is 18.0 Å². The first-order chi connectivity index (χ1) is 11.5. The van der Waals surface area contributed by atoms with E-state index in [1.165, 1.54) is 6.08 Å². The van der Waals surface area contributed by atoms with Gasteiger partial charge in [0.25, 0.3) is 0 Å². The molecule has 1 fully saturated rings. The van der Waals surface area contributed by atoms with Crippen LogP contribution in [0.5, 0.6) is 0 Å². The summed E-state index contributed by atoms with van der Waals surface area (Å²) in [6.45, 7) is 9.92. The Balaban J connectivity index is 2.67. The third kappa shape index (κ3) is 7.15. The molecule has 0 aromatic heterocycles. The first-order valence-corrected chi connectivity index (χ1v) is 8.67. The number of carbonyl (C=O) groups excluding carboxylic acids is 2. The molecule has 1 saturated heterocycles. The average molecular weight is 355 g/mol. The molecule has 1 aliphatic heterocycles. The van der Waals surface area contributed by atoms with Gasteiger partial charge in [0.1, 0.15) is 11.2 Å². The highest BCUT2D eigenvalue weighted by Gasteiger charge is 2.28. The molecule has 25 heavy (non-hydrogen) atoms. The van der Waals surface area contributed by atoms with Gasteiger partial charge in [0.05, 0.1) is 6.10 Å². The molecule has 1 atom stereocenters. The third-order valence-electron chi connectivity index (χ3n) is 3.93. The van der Waals surface area contributed by atoms with E-state index in [0.717, 1.165) is 0 Å². The lowest BCUT2D eigenvalue weighted by molar-refractivity contribution is -0.147. The van der Waals surface area contributed by atoms with Crippen LogP contribution in [0.25, 0.3) is 0 Å². The van der Waals surface area contributed by atoms with Crippen LogP contribution >= 0.6 is 0 Å². The Morgan fingerprint density at radius 1 is 1.24 bits per heavy atom.